The molecule has 0 amide bonds. The SMILES string of the molecule is C=C(N)Cc1ccc(C(C)(C)C)cc1.C=C(N)Cc1ccc(CC(C)(C)C)cc1.CC(=N)c1ccc(C(C)(C)C)cc1.CC(=N)c1ccc(CC(C)(C)C)cc1.CC(C)(C)C12CCC(CN)(CC1)CC2.CC(C)(C)C12CCC(CN)(CC1)CC2.CC(C)(C)CC12CCC(CN)(CC1)CC2.CC(C)(C)Cc1ccc(CN)cc1.CC(C)(C)c1ccc(CN)cc1.CCC12CCC(CC(C)(C)C)(CC1)CC2. The molecule has 0 atom stereocenters. The maximum Gasteiger partial charge on any atom is 0.0355 e. The van der Waals surface area contributed by atoms with Gasteiger partial charge in [0.25, 0.3) is 0 Å². The average Bonchev–Trinajstić information content (AvgIpc) is 0.761. The van der Waals surface area contributed by atoms with Gasteiger partial charge in [0.1, 0.15) is 0 Å². The zero-order valence-corrected chi connectivity index (χ0v) is 96.5. The second-order valence-electron chi connectivity index (χ2n) is 57.1. The Bertz CT molecular complexity index is 4450. The number of hydrogen-bond donors (Lipinski definition) is 9. The summed E-state index contributed by atoms with van der Waals surface area (Å²) in [6, 6.07) is 50.9. The van der Waals surface area contributed by atoms with Crippen LogP contribution in [0.1, 0.15) is 469 Å². The van der Waals surface area contributed by atoms with E-state index in [0.717, 1.165) is 79.4 Å². The van der Waals surface area contributed by atoms with Crippen LogP contribution in [0, 0.1) is 92.0 Å². The van der Waals surface area contributed by atoms with Crippen molar-refractivity contribution in [1.29, 1.82) is 10.8 Å². The first kappa shape index (κ1) is 123. The van der Waals surface area contributed by atoms with E-state index >= 15 is 0 Å². The predicted molar refractivity (Wildman–Crippen MR) is 614 cm³/mol. The molecule has 12 aliphatic carbocycles. The molecule has 6 aromatic carbocycles. The third kappa shape index (κ3) is 40.8. The highest BCUT2D eigenvalue weighted by Gasteiger charge is 2.55. The summed E-state index contributed by atoms with van der Waals surface area (Å²) in [5.74, 6) is 0. The molecule has 16 N–H and O–H groups in total. The van der Waals surface area contributed by atoms with Crippen LogP contribution in [-0.4, -0.2) is 31.1 Å². The molecule has 0 spiro atoms. The summed E-state index contributed by atoms with van der Waals surface area (Å²) in [7, 11) is 0. The fraction of sp³-hybridized carbons (Fsp3) is 0.677. The van der Waals surface area contributed by atoms with Gasteiger partial charge in [0, 0.05) is 48.7 Å². The quantitative estimate of drug-likeness (QED) is 0.0401. The lowest BCUT2D eigenvalue weighted by Gasteiger charge is -2.58. The molecule has 9 heteroatoms. The molecule has 9 nitrogen and oxygen atoms in total. The third-order valence-electron chi connectivity index (χ3n) is 33.8. The van der Waals surface area contributed by atoms with Crippen LogP contribution in [0.4, 0.5) is 0 Å². The average molecular weight is 1910 g/mol. The molecule has 8 bridgehead atoms. The minimum Gasteiger partial charge on any atom is -0.402 e. The molecular formula is C130H217N9. The first-order valence-corrected chi connectivity index (χ1v) is 54.8. The van der Waals surface area contributed by atoms with Crippen molar-refractivity contribution in [3.63, 3.8) is 0 Å². The van der Waals surface area contributed by atoms with Crippen LogP contribution in [0.2, 0.25) is 0 Å². The van der Waals surface area contributed by atoms with Crippen molar-refractivity contribution in [1.82, 2.24) is 0 Å². The van der Waals surface area contributed by atoms with E-state index in [1.807, 2.05) is 38.1 Å². The summed E-state index contributed by atoms with van der Waals surface area (Å²) >= 11 is 0. The maximum atomic E-state index is 7.49. The summed E-state index contributed by atoms with van der Waals surface area (Å²) in [5.41, 5.74) is 66.6. The Morgan fingerprint density at radius 2 is 0.446 bits per heavy atom. The lowest BCUT2D eigenvalue weighted by Crippen LogP contribution is -2.50. The van der Waals surface area contributed by atoms with E-state index in [2.05, 4.69) is 349 Å². The number of rotatable bonds is 17. The lowest BCUT2D eigenvalue weighted by molar-refractivity contribution is -0.0727. The number of benzene rings is 6. The van der Waals surface area contributed by atoms with E-state index in [1.165, 1.54) is 229 Å². The number of hydrogen-bond acceptors (Lipinski definition) is 9. The van der Waals surface area contributed by atoms with Crippen LogP contribution in [0.3, 0.4) is 0 Å². The van der Waals surface area contributed by atoms with E-state index in [1.54, 1.807) is 0 Å². The topological polar surface area (TPSA) is 230 Å². The molecule has 782 valence electrons. The van der Waals surface area contributed by atoms with Crippen LogP contribution < -0.4 is 40.1 Å². The van der Waals surface area contributed by atoms with Crippen molar-refractivity contribution in [2.45, 2.75) is 463 Å². The first-order valence-electron chi connectivity index (χ1n) is 54.8. The summed E-state index contributed by atoms with van der Waals surface area (Å²) in [4.78, 5) is 0. The van der Waals surface area contributed by atoms with Gasteiger partial charge in [-0.15, -0.1) is 0 Å². The monoisotopic (exact) mass is 1900 g/mol. The van der Waals surface area contributed by atoms with Crippen molar-refractivity contribution in [2.24, 2.45) is 121 Å². The molecule has 139 heavy (non-hydrogen) atoms. The van der Waals surface area contributed by atoms with E-state index in [0.29, 0.717) is 101 Å². The van der Waals surface area contributed by atoms with Crippen LogP contribution in [0.25, 0.3) is 0 Å². The first-order chi connectivity index (χ1) is 63.7. The molecule has 12 aliphatic rings. The Kier molecular flexibility index (Phi) is 44.8. The Balaban J connectivity index is 0.000000273. The van der Waals surface area contributed by atoms with Gasteiger partial charge in [-0.3, -0.25) is 0 Å². The minimum absolute atomic E-state index is 0.203. The van der Waals surface area contributed by atoms with Gasteiger partial charge in [-0.25, -0.2) is 0 Å². The zero-order chi connectivity index (χ0) is 105. The smallest absolute Gasteiger partial charge is 0.0355 e. The van der Waals surface area contributed by atoms with Gasteiger partial charge in [-0.2, -0.15) is 0 Å². The van der Waals surface area contributed by atoms with Gasteiger partial charge in [0.2, 0.25) is 0 Å². The minimum atomic E-state index is 0.203. The molecule has 6 aromatic rings. The van der Waals surface area contributed by atoms with Gasteiger partial charge < -0.3 is 51.0 Å². The van der Waals surface area contributed by atoms with Crippen LogP contribution in [0.5, 0.6) is 0 Å². The number of nitrogens with one attached hydrogen (secondary N) is 2. The summed E-state index contributed by atoms with van der Waals surface area (Å²) in [6.45, 7) is 86.5. The van der Waals surface area contributed by atoms with Crippen molar-refractivity contribution >= 4 is 11.4 Å². The van der Waals surface area contributed by atoms with E-state index in [9.17, 15) is 0 Å². The standard InChI is InChI=1S/C15H28.C14H27N.C14H21N.2C13H25N.2C13H19N.C12H17N.C12H19N.C11H17N/c1-5-14-6-9-15(10-7-14,11-8-14)12-13(2,3)4;1-12(2,3)10-13-4-7-14(11-15,8-5-13)9-6-13;1-11(15)9-12-5-7-13(8-6-12)10-14(2,3)4;2*1-11(2,3)13-7-4-12(10-14,5-8-13)6-9-13;1-10(14)12-7-5-11(6-8-12)9-13(2,3)4;1-10(14)9-11-5-7-12(8-6-11)13(2,3)4;1-9(13)10-5-7-11(8-6-10)12(2,3)4;1-12(2,3)8-10-4-6-11(9-13)7-5-10;1-11(2,3)10-6-4-9(8-12)5-7-10/h5-12H2,1-4H3;4-11,15H2,1-3H3;5-8H,1,9-10,15H2,2-4H3;2*4-10,14H2,1-3H3;5-8,14H,9H2,1-4H3;5-8H,1,9,14H2,2-4H3;5-8,13H,1-4H3;4-7H,8-9,13H2,1-3H3;4-7H,8,12H2,1-3H3. The van der Waals surface area contributed by atoms with Crippen molar-refractivity contribution in [3.8, 4) is 0 Å². The summed E-state index contributed by atoms with van der Waals surface area (Å²) in [6.07, 6.45) is 43.8. The molecule has 0 aliphatic heterocycles. The van der Waals surface area contributed by atoms with Crippen molar-refractivity contribution in [2.75, 3.05) is 19.6 Å². The highest BCUT2D eigenvalue weighted by atomic mass is 14.7. The number of nitrogens with two attached hydrogens (primary N) is 7. The predicted octanol–water partition coefficient (Wildman–Crippen LogP) is 34.1. The second-order valence-corrected chi connectivity index (χ2v) is 57.1. The molecule has 18 rings (SSSR count). The highest BCUT2D eigenvalue weighted by molar-refractivity contribution is 5.96. The van der Waals surface area contributed by atoms with E-state index in [-0.39, 0.29) is 16.2 Å². The number of fused-ring (bicyclic) bond motifs is 12. The van der Waals surface area contributed by atoms with Crippen molar-refractivity contribution < 1.29 is 0 Å². The maximum absolute atomic E-state index is 7.49. The van der Waals surface area contributed by atoms with Gasteiger partial charge in [0.05, 0.1) is 0 Å². The Labute approximate surface area is 857 Å². The Hall–Kier alpha value is -6.46. The molecule has 0 aromatic heterocycles. The van der Waals surface area contributed by atoms with Crippen LogP contribution in [0.15, 0.2) is 170 Å². The van der Waals surface area contributed by atoms with Gasteiger partial charge in [-0.05, 0) is 384 Å². The lowest BCUT2D eigenvalue weighted by atomic mass is 9.47. The molecule has 0 heterocycles. The van der Waals surface area contributed by atoms with Gasteiger partial charge >= 0.3 is 0 Å². The zero-order valence-electron chi connectivity index (χ0n) is 96.5. The summed E-state index contributed by atoms with van der Waals surface area (Å²) in [5, 5.41) is 14.9. The molecule has 0 saturated heterocycles. The van der Waals surface area contributed by atoms with E-state index < -0.39 is 0 Å². The molecule has 12 saturated carbocycles. The molecule has 0 unspecified atom stereocenters. The van der Waals surface area contributed by atoms with E-state index in [4.69, 9.17) is 51.0 Å². The van der Waals surface area contributed by atoms with Crippen LogP contribution >= 0.6 is 0 Å². The molecule has 0 radical (unpaired) electrons. The fourth-order valence-electron chi connectivity index (χ4n) is 24.0. The normalized spacial score (nSPS) is 24.1. The van der Waals surface area contributed by atoms with Crippen LogP contribution in [-0.2, 0) is 61.4 Å². The Morgan fingerprint density at radius 1 is 0.259 bits per heavy atom. The largest absolute Gasteiger partial charge is 0.402 e. The molecule has 12 fully saturated rings. The van der Waals surface area contributed by atoms with Crippen molar-refractivity contribution in [3.05, 3.63) is 237 Å². The fourth-order valence-corrected chi connectivity index (χ4v) is 24.0. The summed E-state index contributed by atoms with van der Waals surface area (Å²) < 4.78 is 0. The number of allylic oxidation sites excluding steroid dienone is 2. The second kappa shape index (κ2) is 50.6. The van der Waals surface area contributed by atoms with Gasteiger partial charge in [-0.1, -0.05) is 380 Å². The van der Waals surface area contributed by atoms with Gasteiger partial charge in [0.15, 0.2) is 0 Å². The molecular weight excluding hydrogens is 1690 g/mol. The third-order valence-corrected chi connectivity index (χ3v) is 33.8. The Morgan fingerprint density at radius 3 is 0.640 bits per heavy atom. The highest BCUT2D eigenvalue weighted by Crippen LogP contribution is 2.66.